The van der Waals surface area contributed by atoms with Crippen LogP contribution in [0.1, 0.15) is 0 Å². The third-order valence-electron chi connectivity index (χ3n) is 4.43. The van der Waals surface area contributed by atoms with Crippen molar-refractivity contribution in [3.05, 3.63) is 30.3 Å². The smallest absolute Gasteiger partial charge is 0.236 e. The van der Waals surface area contributed by atoms with Crippen molar-refractivity contribution in [2.45, 2.75) is 0 Å². The molecule has 1 aromatic carbocycles. The van der Waals surface area contributed by atoms with Gasteiger partial charge in [0.1, 0.15) is 0 Å². The number of halogens is 3. The number of nitrogens with zero attached hydrogens (tertiary/aromatic N) is 3. The van der Waals surface area contributed by atoms with Crippen LogP contribution in [0.5, 0.6) is 0 Å². The molecule has 27 heavy (non-hydrogen) atoms. The van der Waals surface area contributed by atoms with Crippen LogP contribution in [0, 0.1) is 0 Å². The van der Waals surface area contributed by atoms with E-state index in [0.29, 0.717) is 19.7 Å². The molecule has 1 amide bonds. The SMILES string of the molecule is COCCNCC(=O)N(C)CCN1CCN(c2ccccc2)CC1.Cl.Cl.Cl. The highest BCUT2D eigenvalue weighted by molar-refractivity contribution is 5.86. The molecule has 9 heteroatoms. The standard InChI is InChI=1S/C18H30N4O2.3ClH/c1-20(18(23)16-19-8-15-24-2)9-10-21-11-13-22(14-12-21)17-6-4-3-5-7-17;;;/h3-7,19H,8-16H2,1-2H3;3*1H. The van der Waals surface area contributed by atoms with Crippen LogP contribution in [-0.4, -0.2) is 88.8 Å². The Morgan fingerprint density at radius 1 is 1.11 bits per heavy atom. The highest BCUT2D eigenvalue weighted by Crippen LogP contribution is 2.15. The van der Waals surface area contributed by atoms with Crippen molar-refractivity contribution in [3.8, 4) is 0 Å². The summed E-state index contributed by atoms with van der Waals surface area (Å²) in [6.45, 7) is 7.59. The van der Waals surface area contributed by atoms with Gasteiger partial charge in [0.2, 0.25) is 5.91 Å². The lowest BCUT2D eigenvalue weighted by Gasteiger charge is -2.36. The average Bonchev–Trinajstić information content (AvgIpc) is 2.64. The number of hydrogen-bond acceptors (Lipinski definition) is 5. The summed E-state index contributed by atoms with van der Waals surface area (Å²) in [6, 6.07) is 10.6. The molecule has 1 saturated heterocycles. The minimum Gasteiger partial charge on any atom is -0.383 e. The molecule has 1 aliphatic rings. The number of rotatable bonds is 9. The van der Waals surface area contributed by atoms with Gasteiger partial charge in [-0.15, -0.1) is 37.2 Å². The molecule has 0 aliphatic carbocycles. The lowest BCUT2D eigenvalue weighted by atomic mass is 10.2. The van der Waals surface area contributed by atoms with E-state index in [0.717, 1.165) is 39.3 Å². The number of para-hydroxylation sites is 1. The number of amides is 1. The monoisotopic (exact) mass is 442 g/mol. The summed E-state index contributed by atoms with van der Waals surface area (Å²) in [4.78, 5) is 18.7. The Morgan fingerprint density at radius 3 is 2.33 bits per heavy atom. The first kappa shape index (κ1) is 28.4. The summed E-state index contributed by atoms with van der Waals surface area (Å²) in [5.74, 6) is 0.133. The highest BCUT2D eigenvalue weighted by Gasteiger charge is 2.18. The number of hydrogen-bond donors (Lipinski definition) is 1. The van der Waals surface area contributed by atoms with Gasteiger partial charge in [0.05, 0.1) is 13.2 Å². The first-order valence-electron chi connectivity index (χ1n) is 8.66. The number of nitrogens with one attached hydrogen (secondary N) is 1. The molecule has 0 spiro atoms. The number of methoxy groups -OCH3 is 1. The molecule has 0 radical (unpaired) electrons. The van der Waals surface area contributed by atoms with E-state index in [1.54, 1.807) is 7.11 Å². The van der Waals surface area contributed by atoms with Crippen LogP contribution in [0.4, 0.5) is 5.69 Å². The van der Waals surface area contributed by atoms with E-state index >= 15 is 0 Å². The van der Waals surface area contributed by atoms with Crippen molar-refractivity contribution in [3.63, 3.8) is 0 Å². The molecule has 0 saturated carbocycles. The number of ether oxygens (including phenoxy) is 1. The summed E-state index contributed by atoms with van der Waals surface area (Å²) < 4.78 is 4.95. The lowest BCUT2D eigenvalue weighted by molar-refractivity contribution is -0.129. The largest absolute Gasteiger partial charge is 0.383 e. The van der Waals surface area contributed by atoms with E-state index in [4.69, 9.17) is 4.74 Å². The van der Waals surface area contributed by atoms with E-state index in [9.17, 15) is 4.79 Å². The van der Waals surface area contributed by atoms with Gasteiger partial charge in [-0.3, -0.25) is 9.69 Å². The minimum absolute atomic E-state index is 0. The molecule has 0 aromatic heterocycles. The van der Waals surface area contributed by atoms with Crippen molar-refractivity contribution in [2.75, 3.05) is 78.0 Å². The van der Waals surface area contributed by atoms with E-state index in [1.165, 1.54) is 5.69 Å². The molecule has 6 nitrogen and oxygen atoms in total. The topological polar surface area (TPSA) is 48.1 Å². The first-order chi connectivity index (χ1) is 11.7. The molecule has 158 valence electrons. The van der Waals surface area contributed by atoms with E-state index in [1.807, 2.05) is 11.9 Å². The molecule has 1 aliphatic heterocycles. The van der Waals surface area contributed by atoms with Gasteiger partial charge in [0.25, 0.3) is 0 Å². The van der Waals surface area contributed by atoms with Crippen LogP contribution < -0.4 is 10.2 Å². The van der Waals surface area contributed by atoms with Crippen LogP contribution >= 0.6 is 37.2 Å². The highest BCUT2D eigenvalue weighted by atomic mass is 35.5. The van der Waals surface area contributed by atoms with Crippen molar-refractivity contribution < 1.29 is 9.53 Å². The maximum absolute atomic E-state index is 12.0. The molecule has 0 bridgehead atoms. The van der Waals surface area contributed by atoms with Gasteiger partial charge in [-0.1, -0.05) is 18.2 Å². The number of likely N-dealkylation sites (N-methyl/N-ethyl adjacent to an activating group) is 1. The quantitative estimate of drug-likeness (QED) is 0.590. The van der Waals surface area contributed by atoms with Crippen LogP contribution in [0.2, 0.25) is 0 Å². The Bertz CT molecular complexity index is 489. The summed E-state index contributed by atoms with van der Waals surface area (Å²) in [6.07, 6.45) is 0. The second kappa shape index (κ2) is 16.2. The Hall–Kier alpha value is -0.760. The molecule has 1 heterocycles. The molecular weight excluding hydrogens is 411 g/mol. The second-order valence-corrected chi connectivity index (χ2v) is 6.15. The van der Waals surface area contributed by atoms with Crippen LogP contribution in [0.15, 0.2) is 30.3 Å². The number of anilines is 1. The zero-order chi connectivity index (χ0) is 17.2. The van der Waals surface area contributed by atoms with Gasteiger partial charge in [-0.2, -0.15) is 0 Å². The third-order valence-corrected chi connectivity index (χ3v) is 4.43. The third kappa shape index (κ3) is 10.4. The number of carbonyl (C=O) groups is 1. The maximum atomic E-state index is 12.0. The summed E-state index contributed by atoms with van der Waals surface area (Å²) in [7, 11) is 3.54. The van der Waals surface area contributed by atoms with Gasteiger partial charge >= 0.3 is 0 Å². The van der Waals surface area contributed by atoms with Gasteiger partial charge in [-0.05, 0) is 12.1 Å². The van der Waals surface area contributed by atoms with E-state index in [2.05, 4.69) is 45.4 Å². The van der Waals surface area contributed by atoms with Crippen molar-refractivity contribution in [1.29, 1.82) is 0 Å². The van der Waals surface area contributed by atoms with Gasteiger partial charge in [0, 0.05) is 65.7 Å². The Labute approximate surface area is 181 Å². The van der Waals surface area contributed by atoms with Crippen molar-refractivity contribution in [2.24, 2.45) is 0 Å². The van der Waals surface area contributed by atoms with Gasteiger partial charge < -0.3 is 19.9 Å². The fourth-order valence-corrected chi connectivity index (χ4v) is 2.79. The second-order valence-electron chi connectivity index (χ2n) is 6.15. The van der Waals surface area contributed by atoms with Crippen LogP contribution in [0.3, 0.4) is 0 Å². The molecule has 2 rings (SSSR count). The molecule has 1 fully saturated rings. The predicted octanol–water partition coefficient (Wildman–Crippen LogP) is 1.77. The Morgan fingerprint density at radius 2 is 1.74 bits per heavy atom. The Kier molecular flexibility index (Phi) is 17.1. The minimum atomic E-state index is 0. The molecule has 1 aromatic rings. The van der Waals surface area contributed by atoms with Crippen molar-refractivity contribution in [1.82, 2.24) is 15.1 Å². The molecule has 1 N–H and O–H groups in total. The summed E-state index contributed by atoms with van der Waals surface area (Å²) in [5.41, 5.74) is 1.30. The molecule has 0 atom stereocenters. The normalized spacial score (nSPS) is 13.8. The fraction of sp³-hybridized carbons (Fsp3) is 0.611. The number of benzene rings is 1. The predicted molar refractivity (Wildman–Crippen MR) is 119 cm³/mol. The Balaban J connectivity index is 0. The maximum Gasteiger partial charge on any atom is 0.236 e. The lowest BCUT2D eigenvalue weighted by Crippen LogP contribution is -2.49. The van der Waals surface area contributed by atoms with E-state index < -0.39 is 0 Å². The zero-order valence-corrected chi connectivity index (χ0v) is 18.6. The van der Waals surface area contributed by atoms with Gasteiger partial charge in [-0.25, -0.2) is 0 Å². The summed E-state index contributed by atoms with van der Waals surface area (Å²) >= 11 is 0. The average molecular weight is 444 g/mol. The van der Waals surface area contributed by atoms with Crippen molar-refractivity contribution >= 4 is 48.8 Å². The summed E-state index contributed by atoms with van der Waals surface area (Å²) in [5, 5.41) is 3.09. The number of piperazine rings is 1. The molecular formula is C18H33Cl3N4O2. The van der Waals surface area contributed by atoms with Gasteiger partial charge in [0.15, 0.2) is 0 Å². The zero-order valence-electron chi connectivity index (χ0n) is 16.1. The van der Waals surface area contributed by atoms with E-state index in [-0.39, 0.29) is 43.1 Å². The van der Waals surface area contributed by atoms with Crippen LogP contribution in [0.25, 0.3) is 0 Å². The fourth-order valence-electron chi connectivity index (χ4n) is 2.79. The molecule has 0 unspecified atom stereocenters. The first-order valence-corrected chi connectivity index (χ1v) is 8.66. The number of carbonyl (C=O) groups excluding carboxylic acids is 1. The van der Waals surface area contributed by atoms with Crippen LogP contribution in [-0.2, 0) is 9.53 Å².